The molecule has 2 atom stereocenters. The van der Waals surface area contributed by atoms with Crippen LogP contribution >= 0.6 is 15.9 Å². The number of nitrogens with zero attached hydrogens (tertiary/aromatic N) is 1. The zero-order valence-electron chi connectivity index (χ0n) is 14.6. The maximum absolute atomic E-state index is 12.6. The van der Waals surface area contributed by atoms with E-state index in [4.69, 9.17) is 4.74 Å². The Morgan fingerprint density at radius 3 is 2.00 bits per heavy atom. The van der Waals surface area contributed by atoms with Gasteiger partial charge in [-0.25, -0.2) is 4.79 Å². The fraction of sp³-hybridized carbons (Fsp3) is 0.286. The molecule has 0 unspecified atom stereocenters. The van der Waals surface area contributed by atoms with Gasteiger partial charge in [0.05, 0.1) is 23.1 Å². The van der Waals surface area contributed by atoms with E-state index in [0.717, 1.165) is 30.2 Å². The summed E-state index contributed by atoms with van der Waals surface area (Å²) in [7, 11) is 0. The molecule has 0 bridgehead atoms. The minimum atomic E-state index is -0.463. The molecule has 0 radical (unpaired) electrons. The fourth-order valence-corrected chi connectivity index (χ4v) is 4.10. The SMILES string of the molecule is O=C(Oc1ccc(N2C(=O)[C@@H]3CCCC[C@H]3C2=O)cc1)c1ccc(Br)cc1. The molecule has 2 aromatic carbocycles. The Morgan fingerprint density at radius 2 is 1.44 bits per heavy atom. The minimum absolute atomic E-state index is 0.107. The maximum Gasteiger partial charge on any atom is 0.343 e. The van der Waals surface area contributed by atoms with Crippen LogP contribution in [-0.4, -0.2) is 17.8 Å². The van der Waals surface area contributed by atoms with Gasteiger partial charge in [-0.1, -0.05) is 28.8 Å². The number of carbonyl (C=O) groups is 3. The molecule has 4 rings (SSSR count). The van der Waals surface area contributed by atoms with Gasteiger partial charge < -0.3 is 4.74 Å². The van der Waals surface area contributed by atoms with E-state index in [1.807, 2.05) is 0 Å². The molecule has 1 saturated heterocycles. The smallest absolute Gasteiger partial charge is 0.343 e. The van der Waals surface area contributed by atoms with Crippen molar-refractivity contribution in [3.05, 3.63) is 58.6 Å². The Bertz CT molecular complexity index is 867. The first-order valence-corrected chi connectivity index (χ1v) is 9.79. The summed E-state index contributed by atoms with van der Waals surface area (Å²) in [6.45, 7) is 0. The first-order valence-electron chi connectivity index (χ1n) is 9.00. The van der Waals surface area contributed by atoms with Gasteiger partial charge in [-0.2, -0.15) is 0 Å². The fourth-order valence-electron chi connectivity index (χ4n) is 3.83. The number of amides is 2. The van der Waals surface area contributed by atoms with Gasteiger partial charge in [-0.15, -0.1) is 0 Å². The number of carbonyl (C=O) groups excluding carboxylic acids is 3. The summed E-state index contributed by atoms with van der Waals surface area (Å²) in [5, 5.41) is 0. The van der Waals surface area contributed by atoms with Crippen molar-refractivity contribution in [3.8, 4) is 5.75 Å². The summed E-state index contributed by atoms with van der Waals surface area (Å²) < 4.78 is 6.24. The Hall–Kier alpha value is -2.47. The predicted molar refractivity (Wildman–Crippen MR) is 103 cm³/mol. The summed E-state index contributed by atoms with van der Waals surface area (Å²) in [6.07, 6.45) is 3.57. The summed E-state index contributed by atoms with van der Waals surface area (Å²) >= 11 is 3.32. The number of fused-ring (bicyclic) bond motifs is 1. The van der Waals surface area contributed by atoms with Crippen LogP contribution < -0.4 is 9.64 Å². The molecule has 138 valence electrons. The summed E-state index contributed by atoms with van der Waals surface area (Å²) in [6, 6.07) is 13.4. The molecule has 5 nitrogen and oxygen atoms in total. The van der Waals surface area contributed by atoms with Gasteiger partial charge in [0.15, 0.2) is 0 Å². The molecule has 2 aromatic rings. The van der Waals surface area contributed by atoms with Gasteiger partial charge in [0.25, 0.3) is 0 Å². The van der Waals surface area contributed by atoms with Gasteiger partial charge in [-0.05, 0) is 61.4 Å². The average molecular weight is 428 g/mol. The highest BCUT2D eigenvalue weighted by Crippen LogP contribution is 2.40. The van der Waals surface area contributed by atoms with Gasteiger partial charge in [0.1, 0.15) is 5.75 Å². The van der Waals surface area contributed by atoms with Crippen LogP contribution in [0.1, 0.15) is 36.0 Å². The van der Waals surface area contributed by atoms with E-state index in [1.165, 1.54) is 4.90 Å². The molecular weight excluding hydrogens is 410 g/mol. The second-order valence-corrected chi connectivity index (χ2v) is 7.82. The van der Waals surface area contributed by atoms with Crippen LogP contribution in [0.4, 0.5) is 5.69 Å². The lowest BCUT2D eigenvalue weighted by Crippen LogP contribution is -2.30. The molecule has 1 saturated carbocycles. The monoisotopic (exact) mass is 427 g/mol. The first-order chi connectivity index (χ1) is 13.0. The first kappa shape index (κ1) is 17.9. The van der Waals surface area contributed by atoms with Gasteiger partial charge in [-0.3, -0.25) is 14.5 Å². The second-order valence-electron chi connectivity index (χ2n) is 6.90. The van der Waals surface area contributed by atoms with Crippen LogP contribution in [0.3, 0.4) is 0 Å². The third-order valence-corrected chi connectivity index (χ3v) is 5.76. The van der Waals surface area contributed by atoms with Crippen LogP contribution in [0.25, 0.3) is 0 Å². The van der Waals surface area contributed by atoms with Crippen molar-refractivity contribution < 1.29 is 19.1 Å². The minimum Gasteiger partial charge on any atom is -0.423 e. The number of hydrogen-bond donors (Lipinski definition) is 0. The second kappa shape index (κ2) is 7.27. The summed E-state index contributed by atoms with van der Waals surface area (Å²) in [5.41, 5.74) is 0.971. The average Bonchev–Trinajstić information content (AvgIpc) is 2.94. The van der Waals surface area contributed by atoms with E-state index >= 15 is 0 Å². The molecule has 0 aromatic heterocycles. The number of hydrogen-bond acceptors (Lipinski definition) is 4. The highest BCUT2D eigenvalue weighted by molar-refractivity contribution is 9.10. The van der Waals surface area contributed by atoms with E-state index in [0.29, 0.717) is 17.0 Å². The van der Waals surface area contributed by atoms with Crippen LogP contribution in [0.2, 0.25) is 0 Å². The normalized spacial score (nSPS) is 21.9. The number of esters is 1. The third kappa shape index (κ3) is 3.41. The van der Waals surface area contributed by atoms with E-state index in [1.54, 1.807) is 48.5 Å². The van der Waals surface area contributed by atoms with E-state index in [-0.39, 0.29) is 23.7 Å². The van der Waals surface area contributed by atoms with Crippen molar-refractivity contribution in [2.75, 3.05) is 4.90 Å². The zero-order chi connectivity index (χ0) is 19.0. The van der Waals surface area contributed by atoms with Crippen LogP contribution in [0.15, 0.2) is 53.0 Å². The van der Waals surface area contributed by atoms with Gasteiger partial charge >= 0.3 is 5.97 Å². The van der Waals surface area contributed by atoms with Crippen LogP contribution in [0, 0.1) is 11.8 Å². The Kier molecular flexibility index (Phi) is 4.83. The Labute approximate surface area is 165 Å². The summed E-state index contributed by atoms with van der Waals surface area (Å²) in [4.78, 5) is 38.8. The van der Waals surface area contributed by atoms with Crippen molar-refractivity contribution in [1.82, 2.24) is 0 Å². The molecule has 0 N–H and O–H groups in total. The topological polar surface area (TPSA) is 63.7 Å². The van der Waals surface area contributed by atoms with Crippen molar-refractivity contribution in [3.63, 3.8) is 0 Å². The summed E-state index contributed by atoms with van der Waals surface area (Å²) in [5.74, 6) is -0.672. The molecule has 2 aliphatic rings. The Morgan fingerprint density at radius 1 is 0.889 bits per heavy atom. The molecule has 2 amide bonds. The largest absolute Gasteiger partial charge is 0.423 e. The van der Waals surface area contributed by atoms with Crippen molar-refractivity contribution in [1.29, 1.82) is 0 Å². The highest BCUT2D eigenvalue weighted by Gasteiger charge is 2.48. The predicted octanol–water partition coefficient (Wildman–Crippen LogP) is 4.35. The maximum atomic E-state index is 12.6. The van der Waals surface area contributed by atoms with Crippen LogP contribution in [-0.2, 0) is 9.59 Å². The molecular formula is C21H18BrNO4. The third-order valence-electron chi connectivity index (χ3n) is 5.23. The Balaban J connectivity index is 1.49. The number of ether oxygens (including phenoxy) is 1. The molecule has 1 aliphatic heterocycles. The number of anilines is 1. The lowest BCUT2D eigenvalue weighted by atomic mass is 9.81. The number of imide groups is 1. The molecule has 1 aliphatic carbocycles. The van der Waals surface area contributed by atoms with E-state index in [9.17, 15) is 14.4 Å². The van der Waals surface area contributed by atoms with Gasteiger partial charge in [0, 0.05) is 4.47 Å². The number of rotatable bonds is 3. The molecule has 2 fully saturated rings. The lowest BCUT2D eigenvalue weighted by Gasteiger charge is -2.19. The number of benzene rings is 2. The number of halogens is 1. The lowest BCUT2D eigenvalue weighted by molar-refractivity contribution is -0.122. The van der Waals surface area contributed by atoms with Gasteiger partial charge in [0.2, 0.25) is 11.8 Å². The highest BCUT2D eigenvalue weighted by atomic mass is 79.9. The van der Waals surface area contributed by atoms with Crippen molar-refractivity contribution >= 4 is 39.4 Å². The van der Waals surface area contributed by atoms with E-state index in [2.05, 4.69) is 15.9 Å². The molecule has 6 heteroatoms. The van der Waals surface area contributed by atoms with Crippen molar-refractivity contribution in [2.45, 2.75) is 25.7 Å². The van der Waals surface area contributed by atoms with E-state index < -0.39 is 5.97 Å². The molecule has 0 spiro atoms. The molecule has 1 heterocycles. The molecule has 27 heavy (non-hydrogen) atoms. The van der Waals surface area contributed by atoms with Crippen molar-refractivity contribution in [2.24, 2.45) is 11.8 Å². The zero-order valence-corrected chi connectivity index (χ0v) is 16.1. The standard InChI is InChI=1S/C21H18BrNO4/c22-14-7-5-13(6-8-14)21(26)27-16-11-9-15(10-12-16)23-19(24)17-3-1-2-4-18(17)20(23)25/h5-12,17-18H,1-4H2/t17-,18-/m1/s1. The van der Waals surface area contributed by atoms with Crippen LogP contribution in [0.5, 0.6) is 5.75 Å². The quantitative estimate of drug-likeness (QED) is 0.414.